The van der Waals surface area contributed by atoms with Gasteiger partial charge < -0.3 is 42.6 Å². The summed E-state index contributed by atoms with van der Waals surface area (Å²) in [4.78, 5) is 0. The third-order valence-electron chi connectivity index (χ3n) is 16.6. The van der Waals surface area contributed by atoms with Gasteiger partial charge >= 0.3 is 0 Å². The van der Waals surface area contributed by atoms with E-state index in [-0.39, 0.29) is 0 Å². The quantitative estimate of drug-likeness (QED) is 0.0980. The fraction of sp³-hybridized carbons (Fsp3) is 1.00. The molecule has 7 saturated heterocycles. The van der Waals surface area contributed by atoms with Crippen molar-refractivity contribution in [3.8, 4) is 0 Å². The molecule has 79 heavy (non-hydrogen) atoms. The van der Waals surface area contributed by atoms with Crippen molar-refractivity contribution in [3.05, 3.63) is 0 Å². The first-order valence-electron chi connectivity index (χ1n) is 33.0. The Morgan fingerprint density at radius 1 is 0.304 bits per heavy atom. The van der Waals surface area contributed by atoms with Gasteiger partial charge in [-0.15, -0.1) is 0 Å². The fourth-order valence-electron chi connectivity index (χ4n) is 11.1. The molecule has 10 aliphatic rings. The van der Waals surface area contributed by atoms with Crippen molar-refractivity contribution in [1.29, 1.82) is 0 Å². The minimum absolute atomic E-state index is 0.393. The summed E-state index contributed by atoms with van der Waals surface area (Å²) in [5.41, 5.74) is 3.33. The zero-order valence-corrected chi connectivity index (χ0v) is 56.2. The monoisotopic (exact) mass is 1120 g/mol. The van der Waals surface area contributed by atoms with E-state index in [1.165, 1.54) is 122 Å². The molecule has 3 saturated carbocycles. The molecule has 0 aromatic rings. The summed E-state index contributed by atoms with van der Waals surface area (Å²) in [5, 5.41) is 0. The molecular weight excluding hydrogens is 985 g/mol. The van der Waals surface area contributed by atoms with Gasteiger partial charge in [-0.05, 0) is 178 Å². The van der Waals surface area contributed by atoms with E-state index in [1.54, 1.807) is 0 Å². The Hall–Kier alpha value is -0.360. The maximum Gasteiger partial charge on any atom is 0.104 e. The molecule has 0 N–H and O–H groups in total. The Morgan fingerprint density at radius 3 is 1.03 bits per heavy atom. The Bertz CT molecular complexity index is 1600. The van der Waals surface area contributed by atoms with Gasteiger partial charge in [0.15, 0.2) is 0 Å². The van der Waals surface area contributed by atoms with E-state index in [2.05, 4.69) is 145 Å². The number of ether oxygens (including phenoxy) is 9. The predicted molar refractivity (Wildman–Crippen MR) is 330 cm³/mol. The molecule has 13 atom stereocenters. The summed E-state index contributed by atoms with van der Waals surface area (Å²) in [6.45, 7) is 55.2. The Morgan fingerprint density at radius 2 is 0.658 bits per heavy atom. The standard InChI is InChI=1S/C13H24O.C12H22O.C11H20O.C10H20O2.C9H18O2.C8H16O.C7H14O/c1-13(2,3)8-4-5-10-6-7-11-12(9-10)14-11;1-12(2,3)7-6-9-4-5-10-11(8-9)13-10;1-11(2,3)7-8-4-5-9-10(6-8)12-9;1-10(2,3)5-4-6-11-7-9-8-12-9;1-9(2,3)4-5-10-6-8-7-11-8;1-8(2,3)5-4-7-6-9-7;1-7(2,3)4-6-5-8-6/h10-12H,4-9H2,1-3H3;9-11H,4-8H2,1-3H3;8-10H,4-7H2,1-3H3;9H,4-8H2,1-3H3;8H,4-7H2,1-3H3;7H,4-6H2,1-3H3;6H,4-5H2,1-3H3. The van der Waals surface area contributed by atoms with Gasteiger partial charge in [-0.1, -0.05) is 158 Å². The normalized spacial score (nSPS) is 31.6. The molecule has 468 valence electrons. The van der Waals surface area contributed by atoms with E-state index in [4.69, 9.17) is 42.6 Å². The van der Waals surface area contributed by atoms with Gasteiger partial charge in [0.1, 0.15) is 12.2 Å². The lowest BCUT2D eigenvalue weighted by atomic mass is 9.78. The second-order valence-electron chi connectivity index (χ2n) is 34.8. The van der Waals surface area contributed by atoms with Crippen molar-refractivity contribution in [2.45, 2.75) is 341 Å². The summed E-state index contributed by atoms with van der Waals surface area (Å²) in [7, 11) is 0. The molecule has 3 aliphatic carbocycles. The maximum atomic E-state index is 5.56. The van der Waals surface area contributed by atoms with E-state index >= 15 is 0 Å². The van der Waals surface area contributed by atoms with Crippen LogP contribution in [0.15, 0.2) is 0 Å². The topological polar surface area (TPSA) is 106 Å². The van der Waals surface area contributed by atoms with Crippen LogP contribution in [0, 0.1) is 55.7 Å². The Balaban J connectivity index is 0.000000200. The van der Waals surface area contributed by atoms with Crippen LogP contribution in [0.4, 0.5) is 0 Å². The van der Waals surface area contributed by atoms with Crippen LogP contribution in [0.1, 0.15) is 280 Å². The van der Waals surface area contributed by atoms with Crippen molar-refractivity contribution >= 4 is 0 Å². The molecule has 13 unspecified atom stereocenters. The summed E-state index contributed by atoms with van der Waals surface area (Å²) in [6.07, 6.45) is 34.0. The maximum absolute atomic E-state index is 5.56. The lowest BCUT2D eigenvalue weighted by molar-refractivity contribution is 0.0945. The van der Waals surface area contributed by atoms with E-state index < -0.39 is 0 Å². The summed E-state index contributed by atoms with van der Waals surface area (Å²) in [5.74, 6) is 2.87. The average molecular weight is 1120 g/mol. The zero-order valence-electron chi connectivity index (χ0n) is 56.2. The highest BCUT2D eigenvalue weighted by Crippen LogP contribution is 2.45. The first-order chi connectivity index (χ1) is 36.4. The predicted octanol–water partition coefficient (Wildman–Crippen LogP) is 18.2. The molecule has 9 nitrogen and oxygen atoms in total. The SMILES string of the molecule is CC(C)(C)CC1CCC2OC2C1.CC(C)(C)CC1CO1.CC(C)(C)CCC1CCC2OC2C1.CC(C)(C)CCC1CO1.CC(C)(C)CCCC1CCC2OC2C1.CC(C)(C)CCCOCC1CO1.CC(C)(C)CCOCC1CO1. The van der Waals surface area contributed by atoms with Crippen LogP contribution in [0.5, 0.6) is 0 Å². The van der Waals surface area contributed by atoms with Crippen LogP contribution < -0.4 is 0 Å². The highest BCUT2D eigenvalue weighted by atomic mass is 16.6. The number of hydrogen-bond donors (Lipinski definition) is 0. The molecule has 7 aliphatic heterocycles. The van der Waals surface area contributed by atoms with Crippen molar-refractivity contribution in [2.24, 2.45) is 55.7 Å². The Kier molecular flexibility index (Phi) is 29.2. The van der Waals surface area contributed by atoms with Crippen LogP contribution in [0.25, 0.3) is 0 Å². The van der Waals surface area contributed by atoms with E-state index in [0.29, 0.717) is 98.9 Å². The van der Waals surface area contributed by atoms with Crippen molar-refractivity contribution in [2.75, 3.05) is 52.9 Å². The van der Waals surface area contributed by atoms with Crippen molar-refractivity contribution < 1.29 is 42.6 Å². The molecule has 0 radical (unpaired) electrons. The van der Waals surface area contributed by atoms with Crippen molar-refractivity contribution in [1.82, 2.24) is 0 Å². The van der Waals surface area contributed by atoms with Gasteiger partial charge in [0.05, 0.1) is 88.5 Å². The summed E-state index contributed by atoms with van der Waals surface area (Å²) < 4.78 is 47.7. The van der Waals surface area contributed by atoms with E-state index in [0.717, 1.165) is 83.5 Å². The molecule has 0 aromatic carbocycles. The molecule has 0 bridgehead atoms. The van der Waals surface area contributed by atoms with Crippen LogP contribution in [0.2, 0.25) is 0 Å². The first kappa shape index (κ1) is 71.1. The molecule has 10 rings (SSSR count). The molecule has 0 aromatic heterocycles. The van der Waals surface area contributed by atoms with Gasteiger partial charge in [-0.3, -0.25) is 0 Å². The molecule has 0 amide bonds. The zero-order chi connectivity index (χ0) is 58.9. The molecule has 7 heterocycles. The molecule has 0 spiro atoms. The van der Waals surface area contributed by atoms with Gasteiger partial charge in [0.25, 0.3) is 0 Å². The second-order valence-corrected chi connectivity index (χ2v) is 34.8. The molecule has 10 fully saturated rings. The van der Waals surface area contributed by atoms with Crippen LogP contribution in [0.3, 0.4) is 0 Å². The van der Waals surface area contributed by atoms with Crippen LogP contribution in [-0.4, -0.2) is 114 Å². The van der Waals surface area contributed by atoms with Crippen LogP contribution in [-0.2, 0) is 42.6 Å². The minimum Gasteiger partial charge on any atom is -0.379 e. The lowest BCUT2D eigenvalue weighted by Gasteiger charge is -2.27. The van der Waals surface area contributed by atoms with Crippen molar-refractivity contribution in [3.63, 3.8) is 0 Å². The van der Waals surface area contributed by atoms with Gasteiger partial charge in [-0.25, -0.2) is 0 Å². The summed E-state index contributed by atoms with van der Waals surface area (Å²) >= 11 is 0. The lowest BCUT2D eigenvalue weighted by Crippen LogP contribution is -2.19. The second kappa shape index (κ2) is 32.4. The van der Waals surface area contributed by atoms with Gasteiger partial charge in [-0.2, -0.15) is 0 Å². The number of fused-ring (bicyclic) bond motifs is 3. The summed E-state index contributed by atoms with van der Waals surface area (Å²) in [6, 6.07) is 0. The Labute approximate surface area is 490 Å². The number of hydrogen-bond acceptors (Lipinski definition) is 9. The average Bonchev–Trinajstić information content (AvgIpc) is 4.06. The minimum atomic E-state index is 0.393. The highest BCUT2D eigenvalue weighted by Gasteiger charge is 2.46. The molecule has 9 heteroatoms. The third-order valence-corrected chi connectivity index (χ3v) is 16.6. The molecular formula is C70H134O9. The van der Waals surface area contributed by atoms with E-state index in [1.807, 2.05) is 0 Å². The highest BCUT2D eigenvalue weighted by molar-refractivity contribution is 4.94. The number of rotatable bonds is 18. The first-order valence-corrected chi connectivity index (χ1v) is 33.0. The number of epoxide rings is 7. The van der Waals surface area contributed by atoms with Gasteiger partial charge in [0.2, 0.25) is 0 Å². The van der Waals surface area contributed by atoms with Crippen LogP contribution >= 0.6 is 0 Å². The third kappa shape index (κ3) is 42.2. The smallest absolute Gasteiger partial charge is 0.104 e. The fourth-order valence-corrected chi connectivity index (χ4v) is 11.1. The van der Waals surface area contributed by atoms with Gasteiger partial charge in [0, 0.05) is 13.2 Å². The van der Waals surface area contributed by atoms with E-state index in [9.17, 15) is 0 Å². The largest absolute Gasteiger partial charge is 0.379 e.